The van der Waals surface area contributed by atoms with E-state index in [-0.39, 0.29) is 6.61 Å². The van der Waals surface area contributed by atoms with Gasteiger partial charge in [0.05, 0.1) is 13.2 Å². The first-order valence-corrected chi connectivity index (χ1v) is 9.05. The van der Waals surface area contributed by atoms with Crippen molar-refractivity contribution in [1.82, 2.24) is 0 Å². The Labute approximate surface area is 131 Å². The minimum Gasteiger partial charge on any atom is -0.303 e. The van der Waals surface area contributed by atoms with E-state index in [1.807, 2.05) is 0 Å². The summed E-state index contributed by atoms with van der Waals surface area (Å²) in [6, 6.07) is 0. The first-order chi connectivity index (χ1) is 10.3. The van der Waals surface area contributed by atoms with Crippen molar-refractivity contribution in [3.8, 4) is 0 Å². The van der Waals surface area contributed by atoms with Gasteiger partial charge in [0.15, 0.2) is 0 Å². The largest absolute Gasteiger partial charge is 0.469 e. The van der Waals surface area contributed by atoms with Gasteiger partial charge in [0.1, 0.15) is 0 Å². The molecule has 0 aromatic heterocycles. The summed E-state index contributed by atoms with van der Waals surface area (Å²) in [5, 5.41) is 0. The quantitative estimate of drug-likeness (QED) is 0.165. The van der Waals surface area contributed by atoms with Crippen LogP contribution in [0.3, 0.4) is 0 Å². The maximum absolute atomic E-state index is 11.0. The van der Waals surface area contributed by atoms with Crippen LogP contribution in [0.4, 0.5) is 0 Å². The van der Waals surface area contributed by atoms with Crippen LogP contribution in [0.15, 0.2) is 12.2 Å². The lowest BCUT2D eigenvalue weighted by Gasteiger charge is -2.05. The molecule has 0 saturated heterocycles. The molecule has 0 amide bonds. The molecule has 0 heterocycles. The molecular weight excluding hydrogens is 311 g/mol. The predicted molar refractivity (Wildman–Crippen MR) is 81.8 cm³/mol. The van der Waals surface area contributed by atoms with Crippen molar-refractivity contribution in [1.29, 1.82) is 0 Å². The third-order valence-corrected chi connectivity index (χ3v) is 3.38. The van der Waals surface area contributed by atoms with Crippen molar-refractivity contribution in [2.24, 2.45) is 0 Å². The molecule has 0 saturated carbocycles. The average molecular weight is 338 g/mol. The number of carbonyl (C=O) groups excluding carboxylic acids is 1. The van der Waals surface area contributed by atoms with Gasteiger partial charge in [-0.2, -0.15) is 4.89 Å². The maximum Gasteiger partial charge on any atom is 0.469 e. The topological polar surface area (TPSA) is 102 Å². The molecule has 0 aromatic rings. The van der Waals surface area contributed by atoms with E-state index in [1.165, 1.54) is 0 Å². The second-order valence-electron chi connectivity index (χ2n) is 5.13. The summed E-state index contributed by atoms with van der Waals surface area (Å²) in [5.74, 6) is -0.539. The highest BCUT2D eigenvalue weighted by atomic mass is 31.2. The Morgan fingerprint density at radius 2 is 1.41 bits per heavy atom. The SMILES string of the molecule is C=C(C)C(=O)OOCCCCCCCCCCOP(=O)(O)O. The third kappa shape index (κ3) is 15.7. The van der Waals surface area contributed by atoms with E-state index in [4.69, 9.17) is 14.7 Å². The summed E-state index contributed by atoms with van der Waals surface area (Å²) in [6.45, 7) is 5.49. The molecule has 0 radical (unpaired) electrons. The van der Waals surface area contributed by atoms with Crippen LogP contribution in [0, 0.1) is 0 Å². The van der Waals surface area contributed by atoms with Crippen LogP contribution in [0.25, 0.3) is 0 Å². The molecule has 0 aliphatic carbocycles. The van der Waals surface area contributed by atoms with Crippen LogP contribution in [-0.4, -0.2) is 29.0 Å². The van der Waals surface area contributed by atoms with Gasteiger partial charge < -0.3 is 9.79 Å². The molecule has 22 heavy (non-hydrogen) atoms. The monoisotopic (exact) mass is 338 g/mol. The number of rotatable bonds is 14. The first kappa shape index (κ1) is 21.3. The Morgan fingerprint density at radius 1 is 0.955 bits per heavy atom. The van der Waals surface area contributed by atoms with Crippen LogP contribution < -0.4 is 0 Å². The molecule has 0 aliphatic heterocycles. The van der Waals surface area contributed by atoms with Crippen LogP contribution in [0.1, 0.15) is 58.3 Å². The highest BCUT2D eigenvalue weighted by Gasteiger charge is 2.12. The van der Waals surface area contributed by atoms with E-state index in [2.05, 4.69) is 16.0 Å². The second-order valence-corrected chi connectivity index (χ2v) is 6.36. The summed E-state index contributed by atoms with van der Waals surface area (Å²) in [7, 11) is -4.31. The molecule has 7 nitrogen and oxygen atoms in total. The van der Waals surface area contributed by atoms with E-state index in [1.54, 1.807) is 6.92 Å². The van der Waals surface area contributed by atoms with Crippen molar-refractivity contribution in [3.63, 3.8) is 0 Å². The molecule has 2 N–H and O–H groups in total. The second kappa shape index (κ2) is 12.8. The zero-order chi connectivity index (χ0) is 16.8. The minimum absolute atomic E-state index is 0.102. The molecule has 0 rings (SSSR count). The normalized spacial score (nSPS) is 11.4. The number of phosphoric ester groups is 1. The van der Waals surface area contributed by atoms with Gasteiger partial charge in [-0.1, -0.05) is 45.1 Å². The molecule has 0 atom stereocenters. The lowest BCUT2D eigenvalue weighted by molar-refractivity contribution is -0.268. The molecule has 0 unspecified atom stereocenters. The number of hydrogen-bond donors (Lipinski definition) is 2. The number of carbonyl (C=O) groups is 1. The van der Waals surface area contributed by atoms with Gasteiger partial charge >= 0.3 is 13.8 Å². The van der Waals surface area contributed by atoms with Gasteiger partial charge in [0.25, 0.3) is 0 Å². The molecule has 0 aliphatic rings. The van der Waals surface area contributed by atoms with Crippen molar-refractivity contribution < 1.29 is 33.4 Å². The number of hydrogen-bond acceptors (Lipinski definition) is 5. The van der Waals surface area contributed by atoms with Crippen LogP contribution in [0.5, 0.6) is 0 Å². The van der Waals surface area contributed by atoms with E-state index >= 15 is 0 Å². The first-order valence-electron chi connectivity index (χ1n) is 7.52. The Morgan fingerprint density at radius 3 is 1.86 bits per heavy atom. The minimum atomic E-state index is -4.31. The zero-order valence-corrected chi connectivity index (χ0v) is 14.1. The fourth-order valence-corrected chi connectivity index (χ4v) is 2.04. The predicted octanol–water partition coefficient (Wildman–Crippen LogP) is 3.27. The molecule has 0 bridgehead atoms. The van der Waals surface area contributed by atoms with E-state index in [0.717, 1.165) is 44.9 Å². The highest BCUT2D eigenvalue weighted by Crippen LogP contribution is 2.35. The molecule has 0 spiro atoms. The number of phosphoric acid groups is 1. The fourth-order valence-electron chi connectivity index (χ4n) is 1.67. The van der Waals surface area contributed by atoms with Crippen molar-refractivity contribution in [2.45, 2.75) is 58.3 Å². The molecule has 130 valence electrons. The van der Waals surface area contributed by atoms with Gasteiger partial charge in [-0.3, -0.25) is 9.41 Å². The maximum atomic E-state index is 11.0. The zero-order valence-electron chi connectivity index (χ0n) is 13.2. The standard InChI is InChI=1S/C14H27O7P/c1-13(2)14(15)21-19-11-9-7-5-3-4-6-8-10-12-20-22(16,17)18/h1,3-12H2,2H3,(H2,16,17,18). The molecular formula is C14H27O7P. The lowest BCUT2D eigenvalue weighted by atomic mass is 10.1. The van der Waals surface area contributed by atoms with Crippen LogP contribution >= 0.6 is 7.82 Å². The summed E-state index contributed by atoms with van der Waals surface area (Å²) >= 11 is 0. The van der Waals surface area contributed by atoms with E-state index in [0.29, 0.717) is 18.6 Å². The van der Waals surface area contributed by atoms with Gasteiger partial charge in [-0.25, -0.2) is 9.36 Å². The Bertz CT molecular complexity index is 364. The van der Waals surface area contributed by atoms with Gasteiger partial charge in [-0.15, -0.1) is 0 Å². The van der Waals surface area contributed by atoms with Gasteiger partial charge in [-0.05, 0) is 19.8 Å². The summed E-state index contributed by atoms with van der Waals surface area (Å²) in [6.07, 6.45) is 7.69. The number of unbranched alkanes of at least 4 members (excludes halogenated alkanes) is 7. The van der Waals surface area contributed by atoms with Crippen molar-refractivity contribution >= 4 is 13.8 Å². The van der Waals surface area contributed by atoms with Gasteiger partial charge in [0, 0.05) is 5.57 Å². The molecule has 0 aromatic carbocycles. The third-order valence-electron chi connectivity index (χ3n) is 2.86. The van der Waals surface area contributed by atoms with Crippen LogP contribution in [-0.2, 0) is 23.7 Å². The van der Waals surface area contributed by atoms with Crippen molar-refractivity contribution in [3.05, 3.63) is 12.2 Å². The Hall–Kier alpha value is -0.720. The van der Waals surface area contributed by atoms with E-state index in [9.17, 15) is 9.36 Å². The summed E-state index contributed by atoms with van der Waals surface area (Å²) < 4.78 is 14.8. The highest BCUT2D eigenvalue weighted by molar-refractivity contribution is 7.46. The van der Waals surface area contributed by atoms with E-state index < -0.39 is 13.8 Å². The smallest absolute Gasteiger partial charge is 0.303 e. The Kier molecular flexibility index (Phi) is 12.4. The van der Waals surface area contributed by atoms with Crippen LogP contribution in [0.2, 0.25) is 0 Å². The fraction of sp³-hybridized carbons (Fsp3) is 0.786. The molecule has 0 fully saturated rings. The summed E-state index contributed by atoms with van der Waals surface area (Å²) in [5.41, 5.74) is 0.311. The average Bonchev–Trinajstić information content (AvgIpc) is 2.42. The Balaban J connectivity index is 3.16. The lowest BCUT2D eigenvalue weighted by Crippen LogP contribution is -2.06. The summed E-state index contributed by atoms with van der Waals surface area (Å²) in [4.78, 5) is 37.2. The molecule has 8 heteroatoms. The van der Waals surface area contributed by atoms with Gasteiger partial charge in [0.2, 0.25) is 0 Å². The van der Waals surface area contributed by atoms with Crippen molar-refractivity contribution in [2.75, 3.05) is 13.2 Å².